The topological polar surface area (TPSA) is 111 Å². The number of carbonyl (C=O) groups excluding carboxylic acids is 2. The number of quaternary nitrogens is 1. The first kappa shape index (κ1) is 68.0. The van der Waals surface area contributed by atoms with Crippen LogP contribution in [0.3, 0.4) is 0 Å². The summed E-state index contributed by atoms with van der Waals surface area (Å²) in [5.41, 5.74) is 0. The van der Waals surface area contributed by atoms with E-state index >= 15 is 0 Å². The maximum absolute atomic E-state index is 13.5. The minimum Gasteiger partial charge on any atom is -0.456 e. The molecular formula is C60H114N2O7P+. The summed E-state index contributed by atoms with van der Waals surface area (Å²) in [4.78, 5) is 37.6. The number of hydrogen-bond donors (Lipinski definition) is 2. The quantitative estimate of drug-likeness (QED) is 0.0205. The number of likely N-dealkylation sites (N-methyl/N-ethyl adjacent to an activating group) is 1. The number of ether oxygens (including phenoxy) is 1. The number of hydrogen-bond acceptors (Lipinski definition) is 6. The molecule has 410 valence electrons. The number of unbranched alkanes of at least 4 members (excludes halogenated alkanes) is 31. The van der Waals surface area contributed by atoms with Crippen LogP contribution in [0.2, 0.25) is 0 Å². The highest BCUT2D eigenvalue weighted by Crippen LogP contribution is 2.43. The lowest BCUT2D eigenvalue weighted by atomic mass is 10.0. The van der Waals surface area contributed by atoms with Gasteiger partial charge in [0.25, 0.3) is 0 Å². The number of nitrogens with zero attached hydrogens (tertiary/aromatic N) is 1. The summed E-state index contributed by atoms with van der Waals surface area (Å²) in [6.45, 7) is 6.91. The van der Waals surface area contributed by atoms with E-state index in [4.69, 9.17) is 13.8 Å². The SMILES string of the molecule is CC/C=C/C/C=C/CCCCCCCCCC(=O)OC(/C=C/CCCCCCCCCCCCC)C(COP(=O)(O)OCC[N+](C)(C)C)NC(=O)CCCCCCCCC/C=C/CCCCCCCC. The van der Waals surface area contributed by atoms with Gasteiger partial charge in [-0.1, -0.05) is 224 Å². The van der Waals surface area contributed by atoms with Crippen molar-refractivity contribution in [1.29, 1.82) is 0 Å². The van der Waals surface area contributed by atoms with Crippen LogP contribution < -0.4 is 5.32 Å². The van der Waals surface area contributed by atoms with E-state index in [0.29, 0.717) is 17.4 Å². The zero-order valence-corrected chi connectivity index (χ0v) is 47.7. The molecule has 0 aromatic rings. The molecule has 1 amide bonds. The first-order chi connectivity index (χ1) is 33.9. The zero-order chi connectivity index (χ0) is 51.5. The molecule has 0 bridgehead atoms. The Labute approximate surface area is 433 Å². The van der Waals surface area contributed by atoms with Crippen molar-refractivity contribution in [3.8, 4) is 0 Å². The molecule has 0 aromatic carbocycles. The highest BCUT2D eigenvalue weighted by Gasteiger charge is 2.30. The molecule has 0 rings (SSSR count). The van der Waals surface area contributed by atoms with Crippen molar-refractivity contribution >= 4 is 19.7 Å². The number of nitrogens with one attached hydrogen (secondary N) is 1. The van der Waals surface area contributed by atoms with Crippen LogP contribution in [0.25, 0.3) is 0 Å². The average Bonchev–Trinajstić information content (AvgIpc) is 3.32. The highest BCUT2D eigenvalue weighted by molar-refractivity contribution is 7.47. The Balaban J connectivity index is 5.34. The van der Waals surface area contributed by atoms with Crippen LogP contribution in [0, 0.1) is 0 Å². The molecule has 3 atom stereocenters. The van der Waals surface area contributed by atoms with Gasteiger partial charge in [-0.05, 0) is 83.1 Å². The van der Waals surface area contributed by atoms with Crippen LogP contribution in [0.4, 0.5) is 0 Å². The number of carbonyl (C=O) groups is 2. The molecule has 0 saturated carbocycles. The second-order valence-electron chi connectivity index (χ2n) is 21.1. The normalized spacial score (nSPS) is 14.1. The summed E-state index contributed by atoms with van der Waals surface area (Å²) in [7, 11) is 1.49. The smallest absolute Gasteiger partial charge is 0.456 e. The summed E-state index contributed by atoms with van der Waals surface area (Å²) in [6.07, 6.45) is 61.0. The van der Waals surface area contributed by atoms with E-state index in [2.05, 4.69) is 62.5 Å². The van der Waals surface area contributed by atoms with Crippen LogP contribution >= 0.6 is 7.82 Å². The number of phosphoric ester groups is 1. The lowest BCUT2D eigenvalue weighted by Crippen LogP contribution is -2.47. The molecule has 3 unspecified atom stereocenters. The van der Waals surface area contributed by atoms with Crippen molar-refractivity contribution < 1.29 is 37.3 Å². The van der Waals surface area contributed by atoms with E-state index < -0.39 is 20.0 Å². The molecule has 9 nitrogen and oxygen atoms in total. The van der Waals surface area contributed by atoms with Crippen molar-refractivity contribution in [3.63, 3.8) is 0 Å². The molecule has 2 N–H and O–H groups in total. The first-order valence-electron chi connectivity index (χ1n) is 29.5. The second-order valence-corrected chi connectivity index (χ2v) is 22.6. The molecular weight excluding hydrogens is 892 g/mol. The van der Waals surface area contributed by atoms with Crippen LogP contribution in [0.1, 0.15) is 271 Å². The van der Waals surface area contributed by atoms with E-state index in [1.54, 1.807) is 0 Å². The minimum absolute atomic E-state index is 0.0382. The van der Waals surface area contributed by atoms with Gasteiger partial charge in [-0.15, -0.1) is 0 Å². The van der Waals surface area contributed by atoms with Crippen LogP contribution in [0.5, 0.6) is 0 Å². The molecule has 0 radical (unpaired) electrons. The Morgan fingerprint density at radius 3 is 1.37 bits per heavy atom. The summed E-state index contributed by atoms with van der Waals surface area (Å²) in [5, 5.41) is 3.05. The monoisotopic (exact) mass is 1010 g/mol. The fourth-order valence-corrected chi connectivity index (χ4v) is 9.18. The number of allylic oxidation sites excluding steroid dienone is 7. The van der Waals surface area contributed by atoms with Gasteiger partial charge >= 0.3 is 13.8 Å². The molecule has 0 fully saturated rings. The number of rotatable bonds is 53. The van der Waals surface area contributed by atoms with Gasteiger partial charge in [-0.2, -0.15) is 0 Å². The van der Waals surface area contributed by atoms with Gasteiger partial charge in [0.05, 0.1) is 33.8 Å². The van der Waals surface area contributed by atoms with Crippen LogP contribution in [-0.2, 0) is 27.9 Å². The number of amides is 1. The summed E-state index contributed by atoms with van der Waals surface area (Å²) < 4.78 is 30.6. The molecule has 0 aliphatic heterocycles. The summed E-state index contributed by atoms with van der Waals surface area (Å²) in [6, 6.07) is -0.852. The molecule has 0 aromatic heterocycles. The van der Waals surface area contributed by atoms with E-state index in [9.17, 15) is 19.0 Å². The Bertz CT molecular complexity index is 1340. The average molecular weight is 1010 g/mol. The highest BCUT2D eigenvalue weighted by atomic mass is 31.2. The minimum atomic E-state index is -4.45. The second kappa shape index (κ2) is 50.5. The van der Waals surface area contributed by atoms with Crippen molar-refractivity contribution in [2.45, 2.75) is 283 Å². The third-order valence-electron chi connectivity index (χ3n) is 13.0. The Morgan fingerprint density at radius 2 is 0.914 bits per heavy atom. The van der Waals surface area contributed by atoms with Crippen molar-refractivity contribution in [2.24, 2.45) is 0 Å². The van der Waals surface area contributed by atoms with Crippen LogP contribution in [-0.4, -0.2) is 74.3 Å². The van der Waals surface area contributed by atoms with Gasteiger partial charge in [-0.3, -0.25) is 18.6 Å². The molecule has 0 heterocycles. The van der Waals surface area contributed by atoms with Gasteiger partial charge in [0.1, 0.15) is 19.3 Å². The van der Waals surface area contributed by atoms with E-state index in [1.165, 1.54) is 141 Å². The lowest BCUT2D eigenvalue weighted by molar-refractivity contribution is -0.870. The van der Waals surface area contributed by atoms with E-state index in [-0.39, 0.29) is 31.5 Å². The van der Waals surface area contributed by atoms with Gasteiger partial charge in [-0.25, -0.2) is 4.57 Å². The first-order valence-corrected chi connectivity index (χ1v) is 31.0. The van der Waals surface area contributed by atoms with Crippen molar-refractivity contribution in [2.75, 3.05) is 40.9 Å². The fourth-order valence-electron chi connectivity index (χ4n) is 8.44. The van der Waals surface area contributed by atoms with Gasteiger partial charge in [0.2, 0.25) is 5.91 Å². The maximum atomic E-state index is 13.5. The molecule has 0 aliphatic carbocycles. The largest absolute Gasteiger partial charge is 0.472 e. The Kier molecular flexibility index (Phi) is 49.0. The third kappa shape index (κ3) is 50.9. The van der Waals surface area contributed by atoms with Crippen molar-refractivity contribution in [3.05, 3.63) is 48.6 Å². The standard InChI is InChI=1S/C60H113N2O7P/c1-7-10-13-16-19-22-25-28-30-31-32-34-37-40-43-46-49-52-59(63)61-57(56-68-70(65,66)67-55-54-62(4,5)6)58(51-48-45-42-39-36-33-27-24-21-18-15-12-9-3)69-60(64)53-50-47-44-41-38-35-29-26-23-20-17-14-11-8-2/h11,14,20,23,28,30,48,51,57-58H,7-10,12-13,15-19,21-22,24-27,29,31-47,49-50,52-56H2,1-6H3,(H-,61,63,65,66)/p+1/b14-11+,23-20+,30-28+,51-48+. The van der Waals surface area contributed by atoms with Crippen molar-refractivity contribution in [1.82, 2.24) is 5.32 Å². The van der Waals surface area contributed by atoms with E-state index in [1.807, 2.05) is 33.3 Å². The van der Waals surface area contributed by atoms with Gasteiger partial charge < -0.3 is 19.4 Å². The Hall–Kier alpha value is -2.03. The predicted molar refractivity (Wildman–Crippen MR) is 300 cm³/mol. The number of phosphoric acid groups is 1. The zero-order valence-electron chi connectivity index (χ0n) is 46.8. The van der Waals surface area contributed by atoms with E-state index in [0.717, 1.165) is 96.3 Å². The molecule has 70 heavy (non-hydrogen) atoms. The summed E-state index contributed by atoms with van der Waals surface area (Å²) in [5.74, 6) is -0.514. The third-order valence-corrected chi connectivity index (χ3v) is 14.0. The Morgan fingerprint density at radius 1 is 0.514 bits per heavy atom. The molecule has 0 saturated heterocycles. The van der Waals surface area contributed by atoms with Crippen LogP contribution in [0.15, 0.2) is 48.6 Å². The predicted octanol–water partition coefficient (Wildman–Crippen LogP) is 17.7. The molecule has 10 heteroatoms. The molecule has 0 aliphatic rings. The molecule has 0 spiro atoms. The fraction of sp³-hybridized carbons (Fsp3) is 0.833. The lowest BCUT2D eigenvalue weighted by Gasteiger charge is -2.27. The summed E-state index contributed by atoms with van der Waals surface area (Å²) >= 11 is 0. The van der Waals surface area contributed by atoms with Gasteiger partial charge in [0, 0.05) is 12.8 Å². The van der Waals surface area contributed by atoms with Gasteiger partial charge in [0.15, 0.2) is 0 Å². The maximum Gasteiger partial charge on any atom is 0.472 e. The number of esters is 1.